The van der Waals surface area contributed by atoms with E-state index in [4.69, 9.17) is 4.74 Å². The van der Waals surface area contributed by atoms with Crippen LogP contribution in [0.15, 0.2) is 0 Å². The van der Waals surface area contributed by atoms with Crippen molar-refractivity contribution in [3.05, 3.63) is 0 Å². The maximum absolute atomic E-state index is 12.2. The van der Waals surface area contributed by atoms with Gasteiger partial charge in [0.25, 0.3) is 0 Å². The van der Waals surface area contributed by atoms with Crippen molar-refractivity contribution in [2.45, 2.75) is 60.1 Å². The topological polar surface area (TPSA) is 29.5 Å². The van der Waals surface area contributed by atoms with Gasteiger partial charge in [0.05, 0.1) is 12.7 Å². The van der Waals surface area contributed by atoms with Gasteiger partial charge in [-0.1, -0.05) is 20.8 Å². The molecule has 2 atom stereocenters. The predicted molar refractivity (Wildman–Crippen MR) is 82.5 cm³/mol. The number of ether oxygens (including phenoxy) is 1. The molecule has 0 aliphatic heterocycles. The minimum absolute atomic E-state index is 0.130. The summed E-state index contributed by atoms with van der Waals surface area (Å²) >= 11 is 0. The van der Waals surface area contributed by atoms with Crippen molar-refractivity contribution in [3.63, 3.8) is 0 Å². The fraction of sp³-hybridized carbons (Fsp3) is 0.929. The summed E-state index contributed by atoms with van der Waals surface area (Å²) in [5.41, 5.74) is -0.0352. The van der Waals surface area contributed by atoms with E-state index < -0.39 is 9.71 Å². The molecule has 0 heterocycles. The van der Waals surface area contributed by atoms with Gasteiger partial charge in [-0.25, -0.2) is 4.31 Å². The molecular weight excluding hydrogens is 246 g/mol. The summed E-state index contributed by atoms with van der Waals surface area (Å²) in [6.45, 7) is 15.9. The molecule has 0 radical (unpaired) electrons. The fourth-order valence-corrected chi connectivity index (χ4v) is 3.29. The van der Waals surface area contributed by atoms with Crippen LogP contribution in [-0.2, 0) is 14.4 Å². The summed E-state index contributed by atoms with van der Waals surface area (Å²) in [6.07, 6.45) is 1.86. The second-order valence-electron chi connectivity index (χ2n) is 7.11. The highest BCUT2D eigenvalue weighted by Gasteiger charge is 2.26. The Balaban J connectivity index is 4.50. The second-order valence-corrected chi connectivity index (χ2v) is 9.47. The SMILES string of the molecule is C=S(C)(=O)N(CCO[C@@H](C)C(C)(C)C)C(C)(C)C. The van der Waals surface area contributed by atoms with Crippen molar-refractivity contribution in [2.75, 3.05) is 19.4 Å². The first-order chi connectivity index (χ1) is 7.76. The van der Waals surface area contributed by atoms with Crippen molar-refractivity contribution >= 4 is 15.6 Å². The monoisotopic (exact) mass is 277 g/mol. The quantitative estimate of drug-likeness (QED) is 0.723. The van der Waals surface area contributed by atoms with Gasteiger partial charge in [-0.15, -0.1) is 0 Å². The van der Waals surface area contributed by atoms with Crippen LogP contribution in [0.1, 0.15) is 48.5 Å². The highest BCUT2D eigenvalue weighted by atomic mass is 32.2. The third kappa shape index (κ3) is 6.21. The van der Waals surface area contributed by atoms with Crippen LogP contribution in [0.5, 0.6) is 0 Å². The van der Waals surface area contributed by atoms with Crippen LogP contribution in [0.25, 0.3) is 0 Å². The van der Waals surface area contributed by atoms with Crippen LogP contribution in [0, 0.1) is 5.41 Å². The molecule has 0 aromatic carbocycles. The molecule has 0 rings (SSSR count). The Kier molecular flexibility index (Phi) is 5.91. The van der Waals surface area contributed by atoms with E-state index in [0.29, 0.717) is 13.2 Å². The number of nitrogens with zero attached hydrogens (tertiary/aromatic N) is 1. The van der Waals surface area contributed by atoms with E-state index in [1.807, 2.05) is 4.31 Å². The lowest BCUT2D eigenvalue weighted by atomic mass is 9.90. The Morgan fingerprint density at radius 1 is 1.22 bits per heavy atom. The van der Waals surface area contributed by atoms with E-state index in [1.165, 1.54) is 0 Å². The van der Waals surface area contributed by atoms with Crippen LogP contribution in [0.4, 0.5) is 0 Å². The molecule has 0 fully saturated rings. The third-order valence-electron chi connectivity index (χ3n) is 3.10. The molecule has 0 amide bonds. The molecule has 0 saturated carbocycles. The Labute approximate surface area is 114 Å². The van der Waals surface area contributed by atoms with E-state index >= 15 is 0 Å². The summed E-state index contributed by atoms with van der Waals surface area (Å²) in [7, 11) is -2.20. The van der Waals surface area contributed by atoms with E-state index in [0.717, 1.165) is 0 Å². The van der Waals surface area contributed by atoms with E-state index in [2.05, 4.69) is 54.3 Å². The molecule has 0 saturated heterocycles. The molecule has 0 aromatic heterocycles. The van der Waals surface area contributed by atoms with Gasteiger partial charge in [-0.3, -0.25) is 4.21 Å². The lowest BCUT2D eigenvalue weighted by molar-refractivity contribution is -0.0117. The van der Waals surface area contributed by atoms with Crippen LogP contribution in [0.2, 0.25) is 0 Å². The Morgan fingerprint density at radius 2 is 1.67 bits per heavy atom. The van der Waals surface area contributed by atoms with Crippen molar-refractivity contribution in [1.82, 2.24) is 4.31 Å². The largest absolute Gasteiger partial charge is 0.377 e. The zero-order valence-corrected chi connectivity index (χ0v) is 14.2. The number of rotatable bonds is 5. The zero-order chi connectivity index (χ0) is 14.8. The second kappa shape index (κ2) is 5.93. The summed E-state index contributed by atoms with van der Waals surface area (Å²) in [4.78, 5) is 0. The third-order valence-corrected chi connectivity index (χ3v) is 4.76. The molecule has 0 bridgehead atoms. The number of hydrogen-bond donors (Lipinski definition) is 0. The van der Waals surface area contributed by atoms with Gasteiger partial charge in [0.2, 0.25) is 0 Å². The summed E-state index contributed by atoms with van der Waals surface area (Å²) in [5, 5.41) is 0. The van der Waals surface area contributed by atoms with Gasteiger partial charge < -0.3 is 4.74 Å². The van der Waals surface area contributed by atoms with Gasteiger partial charge >= 0.3 is 0 Å². The standard InChI is InChI=1S/C14H31NO2S/c1-12(13(2,3)4)17-11-10-15(14(5,6)7)18(8,9)16/h12H,8,10-11H2,1-7,9H3/t12-,18?/m0/s1. The number of hydrogen-bond acceptors (Lipinski definition) is 2. The molecule has 110 valence electrons. The van der Waals surface area contributed by atoms with Crippen LogP contribution in [-0.4, -0.2) is 45.4 Å². The zero-order valence-electron chi connectivity index (χ0n) is 13.4. The maximum atomic E-state index is 12.2. The van der Waals surface area contributed by atoms with Crippen molar-refractivity contribution < 1.29 is 8.95 Å². The lowest BCUT2D eigenvalue weighted by Gasteiger charge is -2.37. The molecule has 0 N–H and O–H groups in total. The van der Waals surface area contributed by atoms with Gasteiger partial charge in [0.15, 0.2) is 0 Å². The minimum atomic E-state index is -2.20. The average Bonchev–Trinajstić information content (AvgIpc) is 2.05. The van der Waals surface area contributed by atoms with E-state index in [9.17, 15) is 4.21 Å². The van der Waals surface area contributed by atoms with E-state index in [1.54, 1.807) is 6.26 Å². The van der Waals surface area contributed by atoms with Gasteiger partial charge in [0, 0.05) is 28.0 Å². The Morgan fingerprint density at radius 3 is 1.94 bits per heavy atom. The van der Waals surface area contributed by atoms with Crippen LogP contribution in [0.3, 0.4) is 0 Å². The smallest absolute Gasteiger partial charge is 0.0607 e. The summed E-state index contributed by atoms with van der Waals surface area (Å²) in [5.74, 6) is 3.78. The normalized spacial score (nSPS) is 18.7. The Bertz CT molecular complexity index is 347. The molecule has 0 aliphatic rings. The van der Waals surface area contributed by atoms with Gasteiger partial charge in [-0.05, 0) is 39.0 Å². The van der Waals surface area contributed by atoms with E-state index in [-0.39, 0.29) is 17.1 Å². The van der Waals surface area contributed by atoms with Gasteiger partial charge in [-0.2, -0.15) is 0 Å². The summed E-state index contributed by atoms with van der Waals surface area (Å²) in [6, 6.07) is 0. The molecule has 3 nitrogen and oxygen atoms in total. The molecule has 4 heteroatoms. The predicted octanol–water partition coefficient (Wildman–Crippen LogP) is 2.80. The molecule has 0 aromatic rings. The highest BCUT2D eigenvalue weighted by molar-refractivity contribution is 7.97. The van der Waals surface area contributed by atoms with Crippen molar-refractivity contribution in [2.24, 2.45) is 5.41 Å². The fourth-order valence-electron chi connectivity index (χ4n) is 1.67. The average molecular weight is 277 g/mol. The first-order valence-corrected chi connectivity index (χ1v) is 8.57. The van der Waals surface area contributed by atoms with Crippen LogP contribution >= 0.6 is 0 Å². The minimum Gasteiger partial charge on any atom is -0.377 e. The van der Waals surface area contributed by atoms with Crippen molar-refractivity contribution in [3.8, 4) is 0 Å². The Hall–Kier alpha value is -0.0600. The molecule has 1 unspecified atom stereocenters. The molecular formula is C14H31NO2S. The first-order valence-electron chi connectivity index (χ1n) is 6.48. The molecule has 0 aliphatic carbocycles. The van der Waals surface area contributed by atoms with Gasteiger partial charge in [0.1, 0.15) is 0 Å². The lowest BCUT2D eigenvalue weighted by Crippen LogP contribution is -2.47. The maximum Gasteiger partial charge on any atom is 0.0607 e. The highest BCUT2D eigenvalue weighted by Crippen LogP contribution is 2.22. The molecule has 0 spiro atoms. The summed E-state index contributed by atoms with van der Waals surface area (Å²) < 4.78 is 19.9. The van der Waals surface area contributed by atoms with Crippen LogP contribution < -0.4 is 0 Å². The first kappa shape index (κ1) is 17.9. The molecule has 18 heavy (non-hydrogen) atoms. The van der Waals surface area contributed by atoms with Crippen molar-refractivity contribution in [1.29, 1.82) is 0 Å².